The molecule has 8 nitrogen and oxygen atoms in total. The van der Waals surface area contributed by atoms with Gasteiger partial charge in [0.05, 0.1) is 5.54 Å². The Hall–Kier alpha value is -4.51. The molecule has 0 radical (unpaired) electrons. The van der Waals surface area contributed by atoms with E-state index in [2.05, 4.69) is 22.4 Å². The van der Waals surface area contributed by atoms with Crippen molar-refractivity contribution in [1.82, 2.24) is 14.7 Å². The van der Waals surface area contributed by atoms with Gasteiger partial charge in [-0.3, -0.25) is 9.69 Å². The van der Waals surface area contributed by atoms with Gasteiger partial charge in [-0.15, -0.1) is 0 Å². The predicted molar refractivity (Wildman–Crippen MR) is 181 cm³/mol. The molecule has 0 aromatic heterocycles. The maximum absolute atomic E-state index is 17.0. The summed E-state index contributed by atoms with van der Waals surface area (Å²) in [5.74, 6) is -1.35. The van der Waals surface area contributed by atoms with E-state index in [0.717, 1.165) is 30.2 Å². The van der Waals surface area contributed by atoms with Gasteiger partial charge >= 0.3 is 0 Å². The molecule has 0 bridgehead atoms. The molecule has 1 amide bonds. The van der Waals surface area contributed by atoms with E-state index >= 15 is 4.39 Å². The van der Waals surface area contributed by atoms with Crippen molar-refractivity contribution in [2.24, 2.45) is 10.9 Å². The molecule has 3 fully saturated rings. The number of dihydropyridines is 1. The Morgan fingerprint density at radius 2 is 2.06 bits per heavy atom. The van der Waals surface area contributed by atoms with Crippen LogP contribution in [0.5, 0.6) is 0 Å². The van der Waals surface area contributed by atoms with Crippen molar-refractivity contribution in [2.45, 2.75) is 43.1 Å². The molecule has 2 aromatic rings. The van der Waals surface area contributed by atoms with Gasteiger partial charge in [0.25, 0.3) is 0 Å². The SMILES string of the molecule is [C-]#[N+]C[C@H]1CN(C2=C(C#N)C(OC[C@@]34CCCN3C[C@H](F)C4)=NC3C(F)=C(c4cccc5cccc(Cl)c45)C=CC23)CCN1C(=O)C=C. The van der Waals surface area contributed by atoms with Crippen LogP contribution in [0.3, 0.4) is 0 Å². The molecular weight excluding hydrogens is 634 g/mol. The minimum absolute atomic E-state index is 0.0318. The molecule has 246 valence electrons. The average Bonchev–Trinajstić information content (AvgIpc) is 3.62. The summed E-state index contributed by atoms with van der Waals surface area (Å²) in [6.45, 7) is 13.4. The van der Waals surface area contributed by atoms with Gasteiger partial charge in [0.1, 0.15) is 42.3 Å². The second-order valence-corrected chi connectivity index (χ2v) is 13.5. The van der Waals surface area contributed by atoms with Crippen LogP contribution >= 0.6 is 11.6 Å². The summed E-state index contributed by atoms with van der Waals surface area (Å²) >= 11 is 6.64. The maximum atomic E-state index is 17.0. The largest absolute Gasteiger partial charge is 0.475 e. The number of aliphatic imine (C=N–C) groups is 1. The molecule has 0 N–H and O–H groups in total. The van der Waals surface area contributed by atoms with Crippen LogP contribution in [0.1, 0.15) is 24.8 Å². The lowest BCUT2D eigenvalue weighted by molar-refractivity contribution is -0.130. The molecule has 0 saturated carbocycles. The highest BCUT2D eigenvalue weighted by molar-refractivity contribution is 6.36. The number of hydrogen-bond donors (Lipinski definition) is 0. The van der Waals surface area contributed by atoms with Crippen LogP contribution in [-0.4, -0.2) is 96.2 Å². The van der Waals surface area contributed by atoms with Gasteiger partial charge in [-0.1, -0.05) is 60.7 Å². The van der Waals surface area contributed by atoms with E-state index in [0.29, 0.717) is 47.9 Å². The molecule has 11 heteroatoms. The topological polar surface area (TPSA) is 76.5 Å². The first-order valence-electron chi connectivity index (χ1n) is 16.3. The number of rotatable bonds is 6. The molecule has 7 rings (SSSR count). The maximum Gasteiger partial charge on any atom is 0.246 e. The van der Waals surface area contributed by atoms with Crippen molar-refractivity contribution < 1.29 is 18.3 Å². The Labute approximate surface area is 283 Å². The highest BCUT2D eigenvalue weighted by Gasteiger charge is 2.50. The summed E-state index contributed by atoms with van der Waals surface area (Å²) in [5.41, 5.74) is 1.22. The fraction of sp³-hybridized carbons (Fsp3) is 0.405. The highest BCUT2D eigenvalue weighted by atomic mass is 35.5. The monoisotopic (exact) mass is 668 g/mol. The van der Waals surface area contributed by atoms with E-state index in [9.17, 15) is 14.4 Å². The van der Waals surface area contributed by atoms with E-state index in [1.165, 1.54) is 6.08 Å². The van der Waals surface area contributed by atoms with Crippen molar-refractivity contribution in [3.63, 3.8) is 0 Å². The third-order valence-corrected chi connectivity index (χ3v) is 10.8. The lowest BCUT2D eigenvalue weighted by atomic mass is 9.81. The second-order valence-electron chi connectivity index (χ2n) is 13.1. The van der Waals surface area contributed by atoms with Crippen LogP contribution in [0.25, 0.3) is 21.2 Å². The number of fused-ring (bicyclic) bond motifs is 3. The number of carbonyl (C=O) groups is 1. The molecule has 5 aliphatic rings. The van der Waals surface area contributed by atoms with E-state index in [-0.39, 0.29) is 37.1 Å². The fourth-order valence-corrected chi connectivity index (χ4v) is 8.55. The summed E-state index contributed by atoms with van der Waals surface area (Å²) in [5, 5.41) is 12.7. The van der Waals surface area contributed by atoms with Gasteiger partial charge in [0, 0.05) is 60.2 Å². The van der Waals surface area contributed by atoms with Crippen molar-refractivity contribution in [3.05, 3.63) is 100 Å². The first-order valence-corrected chi connectivity index (χ1v) is 16.7. The van der Waals surface area contributed by atoms with Crippen molar-refractivity contribution in [2.75, 3.05) is 45.9 Å². The van der Waals surface area contributed by atoms with Crippen molar-refractivity contribution in [1.29, 1.82) is 5.26 Å². The van der Waals surface area contributed by atoms with Crippen LogP contribution in [0.2, 0.25) is 5.02 Å². The Morgan fingerprint density at radius 1 is 1.25 bits per heavy atom. The number of alkyl halides is 1. The summed E-state index contributed by atoms with van der Waals surface area (Å²) in [7, 11) is 0. The quantitative estimate of drug-likeness (QED) is 0.274. The Morgan fingerprint density at radius 3 is 2.83 bits per heavy atom. The van der Waals surface area contributed by atoms with E-state index < -0.39 is 35.5 Å². The summed E-state index contributed by atoms with van der Waals surface area (Å²) in [4.78, 5) is 26.8. The predicted octanol–water partition coefficient (Wildman–Crippen LogP) is 6.13. The van der Waals surface area contributed by atoms with Crippen LogP contribution in [0.15, 0.2) is 83.3 Å². The zero-order chi connectivity index (χ0) is 33.6. The molecule has 1 aliphatic carbocycles. The van der Waals surface area contributed by atoms with E-state index in [4.69, 9.17) is 27.9 Å². The molecule has 48 heavy (non-hydrogen) atoms. The van der Waals surface area contributed by atoms with E-state index in [1.807, 2.05) is 41.3 Å². The number of benzene rings is 2. The van der Waals surface area contributed by atoms with Crippen molar-refractivity contribution >= 4 is 39.8 Å². The normalized spacial score (nSPS) is 28.6. The molecule has 4 heterocycles. The van der Waals surface area contributed by atoms with Crippen molar-refractivity contribution in [3.8, 4) is 6.07 Å². The first kappa shape index (κ1) is 32.1. The number of allylic oxidation sites excluding steroid dienone is 2. The lowest BCUT2D eigenvalue weighted by Crippen LogP contribution is -2.57. The molecule has 4 aliphatic heterocycles. The molecule has 5 atom stereocenters. The fourth-order valence-electron chi connectivity index (χ4n) is 8.26. The smallest absolute Gasteiger partial charge is 0.246 e. The summed E-state index contributed by atoms with van der Waals surface area (Å²) in [6.07, 6.45) is 5.92. The number of piperazine rings is 1. The van der Waals surface area contributed by atoms with Gasteiger partial charge in [-0.25, -0.2) is 20.3 Å². The average molecular weight is 669 g/mol. The lowest BCUT2D eigenvalue weighted by Gasteiger charge is -2.45. The third kappa shape index (κ3) is 5.38. The van der Waals surface area contributed by atoms with Crippen LogP contribution in [0.4, 0.5) is 8.78 Å². The van der Waals surface area contributed by atoms with Gasteiger partial charge < -0.3 is 19.4 Å². The number of halogens is 3. The van der Waals surface area contributed by atoms with Gasteiger partial charge in [-0.2, -0.15) is 5.26 Å². The Balaban J connectivity index is 1.31. The molecule has 0 spiro atoms. The first-order chi connectivity index (χ1) is 23.3. The summed E-state index contributed by atoms with van der Waals surface area (Å²) in [6, 6.07) is 12.0. The number of ether oxygens (including phenoxy) is 1. The minimum Gasteiger partial charge on any atom is -0.475 e. The minimum atomic E-state index is -1.04. The number of nitrogens with zero attached hydrogens (tertiary/aromatic N) is 6. The Bertz CT molecular complexity index is 1890. The van der Waals surface area contributed by atoms with Gasteiger partial charge in [-0.05, 0) is 42.5 Å². The number of amides is 1. The number of hydrogen-bond acceptors (Lipinski definition) is 6. The second kappa shape index (κ2) is 12.8. The van der Waals surface area contributed by atoms with Gasteiger partial charge in [0.15, 0.2) is 0 Å². The van der Waals surface area contributed by atoms with Crippen LogP contribution in [0, 0.1) is 23.8 Å². The Kier molecular flexibility index (Phi) is 8.57. The summed E-state index contributed by atoms with van der Waals surface area (Å²) < 4.78 is 38.0. The third-order valence-electron chi connectivity index (χ3n) is 10.4. The molecule has 2 unspecified atom stereocenters. The van der Waals surface area contributed by atoms with Gasteiger partial charge in [0.2, 0.25) is 18.3 Å². The molecule has 2 aromatic carbocycles. The number of nitriles is 1. The van der Waals surface area contributed by atoms with Crippen LogP contribution < -0.4 is 0 Å². The number of carbonyl (C=O) groups excluding carboxylic acids is 1. The zero-order valence-electron chi connectivity index (χ0n) is 26.4. The highest BCUT2D eigenvalue weighted by Crippen LogP contribution is 2.45. The molecular formula is C37H35ClF2N6O2. The zero-order valence-corrected chi connectivity index (χ0v) is 27.2. The molecule has 3 saturated heterocycles. The van der Waals surface area contributed by atoms with Crippen LogP contribution in [-0.2, 0) is 9.53 Å². The standard InChI is InChI=1S/C37H35ClF2N6O2/c1-3-31(47)46-16-15-44(21-25(46)19-42-2)35-28-12-11-27(26-9-4-7-23-8-5-10-30(38)32(23)26)33(40)34(28)43-36(29(35)18-41)48-22-37-13-6-14-45(37)20-24(39)17-37/h3-5,7-12,24-25,28,34H,1,6,13-17,19-22H2/t24-,25+,28?,34?,37+/m1/s1. The van der Waals surface area contributed by atoms with E-state index in [1.54, 1.807) is 17.0 Å².